The Morgan fingerprint density at radius 3 is 2.29 bits per heavy atom. The molecule has 0 spiro atoms. The van der Waals surface area contributed by atoms with Gasteiger partial charge < -0.3 is 20.1 Å². The number of piperidine rings is 1. The van der Waals surface area contributed by atoms with E-state index in [2.05, 4.69) is 29.6 Å². The smallest absolute Gasteiger partial charge is 0.407 e. The number of aliphatic carboxylic acids is 1. The van der Waals surface area contributed by atoms with Crippen LogP contribution in [0.4, 0.5) is 4.79 Å². The van der Waals surface area contributed by atoms with Crippen LogP contribution in [-0.4, -0.2) is 53.2 Å². The van der Waals surface area contributed by atoms with Crippen LogP contribution < -0.4 is 5.32 Å². The van der Waals surface area contributed by atoms with Gasteiger partial charge >= 0.3 is 12.1 Å². The van der Waals surface area contributed by atoms with Crippen molar-refractivity contribution in [3.05, 3.63) is 59.7 Å². The highest BCUT2D eigenvalue weighted by Crippen LogP contribution is 2.44. The van der Waals surface area contributed by atoms with Gasteiger partial charge in [-0.15, -0.1) is 0 Å². The second-order valence-corrected chi connectivity index (χ2v) is 9.91. The van der Waals surface area contributed by atoms with Crippen LogP contribution in [-0.2, 0) is 14.3 Å². The minimum absolute atomic E-state index is 0.000598. The Morgan fingerprint density at radius 2 is 1.60 bits per heavy atom. The van der Waals surface area contributed by atoms with E-state index >= 15 is 0 Å². The molecule has 1 aliphatic heterocycles. The van der Waals surface area contributed by atoms with E-state index in [1.54, 1.807) is 0 Å². The number of benzene rings is 2. The largest absolute Gasteiger partial charge is 0.480 e. The zero-order valence-electron chi connectivity index (χ0n) is 19.8. The van der Waals surface area contributed by atoms with Gasteiger partial charge in [-0.25, -0.2) is 9.59 Å². The van der Waals surface area contributed by atoms with Gasteiger partial charge in [-0.1, -0.05) is 55.0 Å². The fraction of sp³-hybridized carbons (Fsp3) is 0.464. The molecule has 2 aromatic carbocycles. The van der Waals surface area contributed by atoms with Crippen molar-refractivity contribution in [3.8, 4) is 11.1 Å². The van der Waals surface area contributed by atoms with Gasteiger partial charge in [0, 0.05) is 24.9 Å². The number of carboxylic acids is 1. The third kappa shape index (κ3) is 4.77. The molecule has 1 saturated heterocycles. The summed E-state index contributed by atoms with van der Waals surface area (Å²) in [5, 5.41) is 12.5. The molecule has 35 heavy (non-hydrogen) atoms. The Hall–Kier alpha value is -3.35. The second-order valence-electron chi connectivity index (χ2n) is 9.91. The predicted molar refractivity (Wildman–Crippen MR) is 131 cm³/mol. The maximum Gasteiger partial charge on any atom is 0.407 e. The Kier molecular flexibility index (Phi) is 6.75. The lowest BCUT2D eigenvalue weighted by Gasteiger charge is -2.34. The molecular formula is C28H32N2O5. The van der Waals surface area contributed by atoms with Crippen molar-refractivity contribution in [1.82, 2.24) is 10.2 Å². The Labute approximate surface area is 205 Å². The molecule has 7 heteroatoms. The van der Waals surface area contributed by atoms with Gasteiger partial charge in [-0.3, -0.25) is 4.79 Å². The second kappa shape index (κ2) is 10.1. The first-order valence-corrected chi connectivity index (χ1v) is 12.7. The summed E-state index contributed by atoms with van der Waals surface area (Å²) in [6.45, 7) is 0.747. The maximum atomic E-state index is 13.0. The molecule has 5 rings (SSSR count). The van der Waals surface area contributed by atoms with Crippen LogP contribution in [0.5, 0.6) is 0 Å². The lowest BCUT2D eigenvalue weighted by molar-refractivity contribution is -0.152. The van der Waals surface area contributed by atoms with Gasteiger partial charge in [0.15, 0.2) is 0 Å². The molecule has 0 radical (unpaired) electrons. The minimum Gasteiger partial charge on any atom is -0.480 e. The third-order valence-electron chi connectivity index (χ3n) is 7.85. The number of nitrogens with zero attached hydrogens (tertiary/aromatic N) is 1. The normalized spacial score (nSPS) is 23.4. The first-order valence-electron chi connectivity index (χ1n) is 12.7. The van der Waals surface area contributed by atoms with Gasteiger partial charge in [-0.05, 0) is 60.3 Å². The third-order valence-corrected chi connectivity index (χ3v) is 7.85. The molecule has 0 bridgehead atoms. The van der Waals surface area contributed by atoms with Crippen molar-refractivity contribution in [2.45, 2.75) is 62.9 Å². The molecular weight excluding hydrogens is 444 g/mol. The van der Waals surface area contributed by atoms with E-state index in [9.17, 15) is 19.5 Å². The molecule has 2 fully saturated rings. The topological polar surface area (TPSA) is 95.9 Å². The molecule has 2 N–H and O–H groups in total. The van der Waals surface area contributed by atoms with Gasteiger partial charge in [0.25, 0.3) is 0 Å². The first kappa shape index (κ1) is 23.4. The zero-order valence-corrected chi connectivity index (χ0v) is 19.8. The number of amides is 2. The van der Waals surface area contributed by atoms with Gasteiger partial charge in [0.2, 0.25) is 5.91 Å². The standard InChI is InChI=1S/C28H32N2O5/c31-26(30-15-6-5-14-25(30)27(32)33)16-18-8-7-13-24(18)29-28(34)35-17-23-21-11-3-1-9-19(21)20-10-2-4-12-22(20)23/h1-4,9-12,18,23-25H,5-8,13-17H2,(H,29,34)(H,32,33)/t18-,24+,25+/m0/s1. The van der Waals surface area contributed by atoms with Crippen molar-refractivity contribution >= 4 is 18.0 Å². The van der Waals surface area contributed by atoms with Crippen LogP contribution in [0.15, 0.2) is 48.5 Å². The summed E-state index contributed by atoms with van der Waals surface area (Å²) < 4.78 is 5.70. The van der Waals surface area contributed by atoms with Crippen molar-refractivity contribution < 1.29 is 24.2 Å². The van der Waals surface area contributed by atoms with E-state index in [1.165, 1.54) is 27.2 Å². The Bertz CT molecular complexity index is 1070. The molecule has 0 unspecified atom stereocenters. The fourth-order valence-electron chi connectivity index (χ4n) is 6.09. The summed E-state index contributed by atoms with van der Waals surface area (Å²) in [6.07, 6.45) is 4.53. The number of carbonyl (C=O) groups excluding carboxylic acids is 2. The summed E-state index contributed by atoms with van der Waals surface area (Å²) >= 11 is 0. The van der Waals surface area contributed by atoms with E-state index < -0.39 is 18.1 Å². The van der Waals surface area contributed by atoms with Gasteiger partial charge in [-0.2, -0.15) is 0 Å². The number of ether oxygens (including phenoxy) is 1. The van der Waals surface area contributed by atoms with Crippen LogP contribution in [0.2, 0.25) is 0 Å². The average molecular weight is 477 g/mol. The Balaban J connectivity index is 1.18. The van der Waals surface area contributed by atoms with E-state index in [4.69, 9.17) is 4.74 Å². The number of fused-ring (bicyclic) bond motifs is 3. The number of carbonyl (C=O) groups is 3. The van der Waals surface area contributed by atoms with E-state index in [0.29, 0.717) is 13.0 Å². The number of hydrogen-bond acceptors (Lipinski definition) is 4. The lowest BCUT2D eigenvalue weighted by Crippen LogP contribution is -2.49. The summed E-state index contributed by atoms with van der Waals surface area (Å²) in [5.41, 5.74) is 4.70. The molecule has 2 aliphatic carbocycles. The summed E-state index contributed by atoms with van der Waals surface area (Å²) in [6, 6.07) is 15.6. The fourth-order valence-corrected chi connectivity index (χ4v) is 6.09. The van der Waals surface area contributed by atoms with Crippen LogP contribution in [0.3, 0.4) is 0 Å². The van der Waals surface area contributed by atoms with Crippen LogP contribution in [0.25, 0.3) is 11.1 Å². The van der Waals surface area contributed by atoms with Crippen molar-refractivity contribution in [2.75, 3.05) is 13.2 Å². The number of nitrogens with one attached hydrogen (secondary N) is 1. The molecule has 2 aromatic rings. The first-order chi connectivity index (χ1) is 17.0. The van der Waals surface area contributed by atoms with Crippen molar-refractivity contribution in [1.29, 1.82) is 0 Å². The highest BCUT2D eigenvalue weighted by atomic mass is 16.5. The monoisotopic (exact) mass is 476 g/mol. The highest BCUT2D eigenvalue weighted by Gasteiger charge is 2.37. The van der Waals surface area contributed by atoms with Gasteiger partial charge in [0.05, 0.1) is 0 Å². The number of carboxylic acid groups (broad SMARTS) is 1. The average Bonchev–Trinajstić information content (AvgIpc) is 3.44. The van der Waals surface area contributed by atoms with E-state index in [-0.39, 0.29) is 36.8 Å². The molecule has 1 heterocycles. The SMILES string of the molecule is O=C(N[C@@H]1CCC[C@H]1CC(=O)N1CCCC[C@@H]1C(=O)O)OCC1c2ccccc2-c2ccccc21. The van der Waals surface area contributed by atoms with Crippen molar-refractivity contribution in [3.63, 3.8) is 0 Å². The molecule has 3 atom stereocenters. The quantitative estimate of drug-likeness (QED) is 0.638. The van der Waals surface area contributed by atoms with Crippen LogP contribution in [0.1, 0.15) is 62.0 Å². The van der Waals surface area contributed by atoms with Crippen molar-refractivity contribution in [2.24, 2.45) is 5.92 Å². The maximum absolute atomic E-state index is 13.0. The molecule has 1 saturated carbocycles. The van der Waals surface area contributed by atoms with E-state index in [1.807, 2.05) is 24.3 Å². The molecule has 0 aromatic heterocycles. The van der Waals surface area contributed by atoms with E-state index in [0.717, 1.165) is 32.1 Å². The number of likely N-dealkylation sites (tertiary alicyclic amines) is 1. The molecule has 3 aliphatic rings. The highest BCUT2D eigenvalue weighted by molar-refractivity contribution is 5.84. The summed E-state index contributed by atoms with van der Waals surface area (Å²) in [4.78, 5) is 38.8. The number of rotatable bonds is 6. The molecule has 2 amide bonds. The molecule has 184 valence electrons. The summed E-state index contributed by atoms with van der Waals surface area (Å²) in [5.74, 6) is -1.05. The van der Waals surface area contributed by atoms with Crippen LogP contribution >= 0.6 is 0 Å². The summed E-state index contributed by atoms with van der Waals surface area (Å²) in [7, 11) is 0. The van der Waals surface area contributed by atoms with Crippen LogP contribution in [0, 0.1) is 5.92 Å². The lowest BCUT2D eigenvalue weighted by atomic mass is 9.96. The number of alkyl carbamates (subject to hydrolysis) is 1. The minimum atomic E-state index is -0.933. The zero-order chi connectivity index (χ0) is 24.4. The predicted octanol–water partition coefficient (Wildman–Crippen LogP) is 4.55. The Morgan fingerprint density at radius 1 is 0.914 bits per heavy atom. The molecule has 7 nitrogen and oxygen atoms in total. The number of hydrogen-bond donors (Lipinski definition) is 2. The van der Waals surface area contributed by atoms with Gasteiger partial charge in [0.1, 0.15) is 12.6 Å².